The number of amides is 2. The molecular weight excluding hydrogens is 233 g/mol. The van der Waals surface area contributed by atoms with Gasteiger partial charge >= 0.3 is 63.1 Å². The summed E-state index contributed by atoms with van der Waals surface area (Å²) in [6, 6.07) is 0. The zero-order chi connectivity index (χ0) is 6.85. The summed E-state index contributed by atoms with van der Waals surface area (Å²) in [5, 5.41) is 0. The summed E-state index contributed by atoms with van der Waals surface area (Å²) >= 11 is -0.405. The summed E-state index contributed by atoms with van der Waals surface area (Å²) in [6.45, 7) is 0. The van der Waals surface area contributed by atoms with Gasteiger partial charge in [0.1, 0.15) is 0 Å². The SMILES string of the molecule is C[I-]N1C(=O)C=CC1=O. The van der Waals surface area contributed by atoms with Crippen LogP contribution in [0.2, 0.25) is 0 Å². The van der Waals surface area contributed by atoms with Crippen LogP contribution in [-0.4, -0.2) is 19.9 Å². The van der Waals surface area contributed by atoms with Crippen molar-refractivity contribution in [3.63, 3.8) is 0 Å². The van der Waals surface area contributed by atoms with Crippen molar-refractivity contribution < 1.29 is 31.1 Å². The number of hydrogen-bond donors (Lipinski definition) is 0. The molecule has 0 atom stereocenters. The molecule has 1 rings (SSSR count). The molecule has 0 aromatic rings. The van der Waals surface area contributed by atoms with E-state index in [4.69, 9.17) is 0 Å². The van der Waals surface area contributed by atoms with Gasteiger partial charge in [0.25, 0.3) is 0 Å². The van der Waals surface area contributed by atoms with Gasteiger partial charge in [0.2, 0.25) is 0 Å². The maximum atomic E-state index is 10.7. The molecule has 0 fully saturated rings. The van der Waals surface area contributed by atoms with Crippen LogP contribution in [-0.2, 0) is 9.59 Å². The summed E-state index contributed by atoms with van der Waals surface area (Å²) in [6.07, 6.45) is 2.62. The van der Waals surface area contributed by atoms with Crippen LogP contribution < -0.4 is 21.5 Å². The molecule has 0 aromatic heterocycles. The van der Waals surface area contributed by atoms with Gasteiger partial charge < -0.3 is 0 Å². The van der Waals surface area contributed by atoms with E-state index in [0.717, 1.165) is 0 Å². The van der Waals surface area contributed by atoms with Crippen LogP contribution in [0, 0.1) is 0 Å². The van der Waals surface area contributed by atoms with Crippen molar-refractivity contribution in [1.29, 1.82) is 0 Å². The molecule has 3 nitrogen and oxygen atoms in total. The maximum absolute atomic E-state index is 10.7. The molecule has 1 aliphatic heterocycles. The first-order valence-electron chi connectivity index (χ1n) is 2.31. The first-order valence-corrected chi connectivity index (χ1v) is 5.44. The van der Waals surface area contributed by atoms with E-state index in [1.165, 1.54) is 15.3 Å². The molecule has 0 bridgehead atoms. The number of rotatable bonds is 1. The number of carbonyl (C=O) groups excluding carboxylic acids is 2. The molecule has 0 saturated carbocycles. The van der Waals surface area contributed by atoms with Gasteiger partial charge in [0, 0.05) is 0 Å². The first kappa shape index (κ1) is 6.73. The first-order chi connectivity index (χ1) is 4.25. The number of carbonyl (C=O) groups is 2. The van der Waals surface area contributed by atoms with E-state index in [9.17, 15) is 9.59 Å². The second-order valence-electron chi connectivity index (χ2n) is 1.46. The molecule has 0 unspecified atom stereocenters. The van der Waals surface area contributed by atoms with Crippen molar-refractivity contribution >= 4 is 11.8 Å². The van der Waals surface area contributed by atoms with Crippen molar-refractivity contribution in [2.24, 2.45) is 0 Å². The average Bonchev–Trinajstić information content (AvgIpc) is 2.12. The normalized spacial score (nSPS) is 18.1. The van der Waals surface area contributed by atoms with Crippen LogP contribution in [0.1, 0.15) is 0 Å². The molecule has 50 valence electrons. The Morgan fingerprint density at radius 1 is 1.33 bits per heavy atom. The van der Waals surface area contributed by atoms with Gasteiger partial charge in [0.15, 0.2) is 0 Å². The summed E-state index contributed by atoms with van der Waals surface area (Å²) in [4.78, 5) is 23.2. The van der Waals surface area contributed by atoms with Crippen LogP contribution in [0.25, 0.3) is 0 Å². The number of halogens is 1. The molecule has 2 amide bonds. The van der Waals surface area contributed by atoms with Crippen molar-refractivity contribution in [2.45, 2.75) is 0 Å². The Bertz CT molecular complexity index is 169. The van der Waals surface area contributed by atoms with Gasteiger partial charge in [-0.15, -0.1) is 0 Å². The molecule has 0 spiro atoms. The third kappa shape index (κ3) is 1.12. The topological polar surface area (TPSA) is 37.4 Å². The Kier molecular flexibility index (Phi) is 1.84. The van der Waals surface area contributed by atoms with Crippen molar-refractivity contribution in [3.8, 4) is 0 Å². The van der Waals surface area contributed by atoms with Crippen LogP contribution in [0.3, 0.4) is 0 Å². The van der Waals surface area contributed by atoms with Gasteiger partial charge in [-0.05, 0) is 0 Å². The quantitative estimate of drug-likeness (QED) is 0.206. The minimum absolute atomic E-state index is 0.157. The van der Waals surface area contributed by atoms with Gasteiger partial charge in [-0.1, -0.05) is 0 Å². The predicted molar refractivity (Wildman–Crippen MR) is 26.9 cm³/mol. The molecule has 0 aliphatic carbocycles. The molecule has 0 radical (unpaired) electrons. The fourth-order valence-corrected chi connectivity index (χ4v) is 1.82. The molecule has 0 saturated heterocycles. The molecular formula is C5H5INO2-. The van der Waals surface area contributed by atoms with Crippen molar-refractivity contribution in [3.05, 3.63) is 12.2 Å². The van der Waals surface area contributed by atoms with Crippen LogP contribution in [0.4, 0.5) is 0 Å². The fraction of sp³-hybridized carbons (Fsp3) is 0.200. The fourth-order valence-electron chi connectivity index (χ4n) is 0.549. The molecule has 1 aliphatic rings. The third-order valence-corrected chi connectivity index (χ3v) is 2.84. The summed E-state index contributed by atoms with van der Waals surface area (Å²) in [5.74, 6) is -0.314. The van der Waals surface area contributed by atoms with Crippen LogP contribution >= 0.6 is 0 Å². The third-order valence-electron chi connectivity index (χ3n) is 0.925. The van der Waals surface area contributed by atoms with Crippen LogP contribution in [0.5, 0.6) is 0 Å². The zero-order valence-electron chi connectivity index (χ0n) is 4.80. The van der Waals surface area contributed by atoms with Crippen molar-refractivity contribution in [1.82, 2.24) is 3.11 Å². The van der Waals surface area contributed by atoms with Gasteiger partial charge in [-0.25, -0.2) is 0 Å². The van der Waals surface area contributed by atoms with E-state index >= 15 is 0 Å². The number of alkyl halides is 1. The summed E-state index contributed by atoms with van der Waals surface area (Å²) < 4.78 is 1.29. The molecule has 0 aromatic carbocycles. The summed E-state index contributed by atoms with van der Waals surface area (Å²) in [5.41, 5.74) is 0. The second kappa shape index (κ2) is 2.47. The van der Waals surface area contributed by atoms with E-state index in [2.05, 4.69) is 0 Å². The summed E-state index contributed by atoms with van der Waals surface area (Å²) in [7, 11) is 0. The number of imide groups is 1. The monoisotopic (exact) mass is 238 g/mol. The van der Waals surface area contributed by atoms with Crippen LogP contribution in [0.15, 0.2) is 12.2 Å². The Hall–Kier alpha value is -0.390. The number of hydrogen-bond acceptors (Lipinski definition) is 2. The van der Waals surface area contributed by atoms with E-state index in [1.807, 2.05) is 4.93 Å². The van der Waals surface area contributed by atoms with Gasteiger partial charge in [-0.2, -0.15) is 0 Å². The van der Waals surface area contributed by atoms with E-state index in [0.29, 0.717) is 0 Å². The van der Waals surface area contributed by atoms with Gasteiger partial charge in [-0.3, -0.25) is 0 Å². The van der Waals surface area contributed by atoms with Crippen molar-refractivity contribution in [2.75, 3.05) is 4.93 Å². The number of nitrogens with zero attached hydrogens (tertiary/aromatic N) is 1. The van der Waals surface area contributed by atoms with E-state index in [1.54, 1.807) is 0 Å². The molecule has 0 N–H and O–H groups in total. The van der Waals surface area contributed by atoms with E-state index < -0.39 is 21.5 Å². The van der Waals surface area contributed by atoms with Gasteiger partial charge in [0.05, 0.1) is 0 Å². The standard InChI is InChI=1S/C5H5INO2/c1-6-7-4(8)2-3-5(7)9/h2-3H,1H3/q-1. The Morgan fingerprint density at radius 3 is 2.00 bits per heavy atom. The Morgan fingerprint density at radius 2 is 1.78 bits per heavy atom. The Balaban J connectivity index is 2.75. The molecule has 1 heterocycles. The average molecular weight is 238 g/mol. The second-order valence-corrected chi connectivity index (χ2v) is 3.39. The molecule has 4 heteroatoms. The van der Waals surface area contributed by atoms with E-state index in [-0.39, 0.29) is 11.8 Å². The predicted octanol–water partition coefficient (Wildman–Crippen LogP) is -3.45. The Labute approximate surface area is 63.3 Å². The molecule has 9 heavy (non-hydrogen) atoms. The minimum atomic E-state index is -0.405. The zero-order valence-corrected chi connectivity index (χ0v) is 6.95.